The van der Waals surface area contributed by atoms with Crippen LogP contribution in [0.4, 0.5) is 0 Å². The van der Waals surface area contributed by atoms with E-state index in [1.807, 2.05) is 12.1 Å². The van der Waals surface area contributed by atoms with Crippen LogP contribution >= 0.6 is 0 Å². The van der Waals surface area contributed by atoms with Crippen molar-refractivity contribution in [2.75, 3.05) is 40.5 Å². The number of nitrogens with zero attached hydrogens (tertiary/aromatic N) is 1. The highest BCUT2D eigenvalue weighted by atomic mass is 16.5. The van der Waals surface area contributed by atoms with Crippen LogP contribution in [-0.4, -0.2) is 62.7 Å². The Hall–Kier alpha value is -1.30. The lowest BCUT2D eigenvalue weighted by atomic mass is 9.91. The average Bonchev–Trinajstić information content (AvgIpc) is 2.68. The van der Waals surface area contributed by atoms with Crippen LogP contribution in [0.15, 0.2) is 18.2 Å². The molecule has 0 heterocycles. The van der Waals surface area contributed by atoms with Gasteiger partial charge in [0.25, 0.3) is 0 Å². The third-order valence-electron chi connectivity index (χ3n) is 5.21. The van der Waals surface area contributed by atoms with Crippen molar-refractivity contribution in [3.63, 3.8) is 0 Å². The lowest BCUT2D eigenvalue weighted by Crippen LogP contribution is -2.48. The van der Waals surface area contributed by atoms with Gasteiger partial charge in [-0.2, -0.15) is 0 Å². The number of ether oxygens (including phenoxy) is 3. The van der Waals surface area contributed by atoms with Crippen LogP contribution in [0.1, 0.15) is 44.6 Å². The van der Waals surface area contributed by atoms with Gasteiger partial charge >= 0.3 is 0 Å². The van der Waals surface area contributed by atoms with Gasteiger partial charge in [-0.1, -0.05) is 25.8 Å². The summed E-state index contributed by atoms with van der Waals surface area (Å²) in [4.78, 5) is 2.42. The SMILES string of the molecule is CCCN(CCO)[C@H]1CCCC[C@@H]1OCCc1ccc(OC)c(OC)c1. The van der Waals surface area contributed by atoms with Crippen molar-refractivity contribution in [3.8, 4) is 11.5 Å². The first-order chi connectivity index (χ1) is 12.7. The average molecular weight is 366 g/mol. The fourth-order valence-electron chi connectivity index (χ4n) is 3.91. The van der Waals surface area contributed by atoms with Crippen molar-refractivity contribution in [3.05, 3.63) is 23.8 Å². The lowest BCUT2D eigenvalue weighted by Gasteiger charge is -2.39. The molecule has 0 bridgehead atoms. The number of benzene rings is 1. The fraction of sp³-hybridized carbons (Fsp3) is 0.714. The number of aliphatic hydroxyl groups is 1. The van der Waals surface area contributed by atoms with Gasteiger partial charge in [-0.05, 0) is 49.9 Å². The summed E-state index contributed by atoms with van der Waals surface area (Å²) in [6, 6.07) is 6.47. The number of rotatable bonds is 11. The summed E-state index contributed by atoms with van der Waals surface area (Å²) in [5.74, 6) is 1.52. The minimum Gasteiger partial charge on any atom is -0.493 e. The van der Waals surface area contributed by atoms with Crippen LogP contribution in [0, 0.1) is 0 Å². The summed E-state index contributed by atoms with van der Waals surface area (Å²) in [7, 11) is 3.31. The predicted molar refractivity (Wildman–Crippen MR) is 104 cm³/mol. The van der Waals surface area contributed by atoms with Gasteiger partial charge < -0.3 is 19.3 Å². The Balaban J connectivity index is 1.91. The number of hydrogen-bond acceptors (Lipinski definition) is 5. The Morgan fingerprint density at radius 1 is 1.08 bits per heavy atom. The standard InChI is InChI=1S/C21H35NO4/c1-4-12-22(13-14-23)18-7-5-6-8-19(18)26-15-11-17-9-10-20(24-2)21(16-17)25-3/h9-10,16,18-19,23H,4-8,11-15H2,1-3H3/t18-,19-/m0/s1. The van der Waals surface area contributed by atoms with Crippen LogP contribution in [0.5, 0.6) is 11.5 Å². The summed E-state index contributed by atoms with van der Waals surface area (Å²) in [5.41, 5.74) is 1.19. The molecule has 0 aliphatic heterocycles. The molecule has 2 rings (SSSR count). The smallest absolute Gasteiger partial charge is 0.160 e. The van der Waals surface area contributed by atoms with Crippen molar-refractivity contribution in [2.45, 2.75) is 57.6 Å². The maximum atomic E-state index is 9.39. The molecule has 1 saturated carbocycles. The fourth-order valence-corrected chi connectivity index (χ4v) is 3.91. The highest BCUT2D eigenvalue weighted by molar-refractivity contribution is 5.42. The van der Waals surface area contributed by atoms with E-state index < -0.39 is 0 Å². The van der Waals surface area contributed by atoms with Gasteiger partial charge in [-0.25, -0.2) is 0 Å². The molecule has 5 heteroatoms. The second-order valence-corrected chi connectivity index (χ2v) is 6.96. The third-order valence-corrected chi connectivity index (χ3v) is 5.21. The van der Waals surface area contributed by atoms with Gasteiger partial charge in [-0.15, -0.1) is 0 Å². The monoisotopic (exact) mass is 365 g/mol. The van der Waals surface area contributed by atoms with Gasteiger partial charge in [0.15, 0.2) is 11.5 Å². The molecule has 0 unspecified atom stereocenters. The van der Waals surface area contributed by atoms with E-state index in [-0.39, 0.29) is 12.7 Å². The minimum absolute atomic E-state index is 0.217. The summed E-state index contributed by atoms with van der Waals surface area (Å²) in [5, 5.41) is 9.39. The first-order valence-corrected chi connectivity index (χ1v) is 9.90. The minimum atomic E-state index is 0.217. The molecule has 0 radical (unpaired) electrons. The van der Waals surface area contributed by atoms with E-state index in [0.717, 1.165) is 43.9 Å². The Kier molecular flexibility index (Phi) is 9.23. The molecule has 1 N–H and O–H groups in total. The molecule has 148 valence electrons. The van der Waals surface area contributed by atoms with E-state index in [4.69, 9.17) is 14.2 Å². The summed E-state index contributed by atoms with van der Waals surface area (Å²) >= 11 is 0. The van der Waals surface area contributed by atoms with Gasteiger partial charge in [0.1, 0.15) is 0 Å². The third kappa shape index (κ3) is 5.86. The van der Waals surface area contributed by atoms with E-state index in [1.54, 1.807) is 14.2 Å². The van der Waals surface area contributed by atoms with Gasteiger partial charge in [-0.3, -0.25) is 4.90 Å². The van der Waals surface area contributed by atoms with Crippen molar-refractivity contribution in [1.82, 2.24) is 4.90 Å². The van der Waals surface area contributed by atoms with Crippen LogP contribution in [-0.2, 0) is 11.2 Å². The topological polar surface area (TPSA) is 51.2 Å². The molecule has 1 aliphatic carbocycles. The van der Waals surface area contributed by atoms with E-state index in [2.05, 4.69) is 17.9 Å². The maximum absolute atomic E-state index is 9.39. The lowest BCUT2D eigenvalue weighted by molar-refractivity contribution is -0.0387. The van der Waals surface area contributed by atoms with Crippen LogP contribution in [0.25, 0.3) is 0 Å². The molecule has 26 heavy (non-hydrogen) atoms. The second-order valence-electron chi connectivity index (χ2n) is 6.96. The van der Waals surface area contributed by atoms with Gasteiger partial charge in [0.05, 0.1) is 33.5 Å². The molecule has 0 saturated heterocycles. The Morgan fingerprint density at radius 2 is 1.85 bits per heavy atom. The van der Waals surface area contributed by atoms with E-state index >= 15 is 0 Å². The molecule has 0 spiro atoms. The first kappa shape index (κ1) is 21.0. The summed E-state index contributed by atoms with van der Waals surface area (Å²) in [6.45, 7) is 4.89. The maximum Gasteiger partial charge on any atom is 0.160 e. The van der Waals surface area contributed by atoms with E-state index in [0.29, 0.717) is 12.6 Å². The normalized spacial score (nSPS) is 20.3. The summed E-state index contributed by atoms with van der Waals surface area (Å²) < 4.78 is 17.0. The first-order valence-electron chi connectivity index (χ1n) is 9.90. The molecule has 0 amide bonds. The molecule has 2 atom stereocenters. The molecular formula is C21H35NO4. The Bertz CT molecular complexity index is 517. The van der Waals surface area contributed by atoms with Crippen molar-refractivity contribution in [2.24, 2.45) is 0 Å². The molecule has 1 aliphatic rings. The number of hydrogen-bond donors (Lipinski definition) is 1. The molecule has 1 aromatic carbocycles. The number of methoxy groups -OCH3 is 2. The van der Waals surface area contributed by atoms with E-state index in [9.17, 15) is 5.11 Å². The molecule has 0 aromatic heterocycles. The van der Waals surface area contributed by atoms with Crippen LogP contribution in [0.3, 0.4) is 0 Å². The van der Waals surface area contributed by atoms with Crippen molar-refractivity contribution in [1.29, 1.82) is 0 Å². The molecule has 1 aromatic rings. The van der Waals surface area contributed by atoms with Crippen molar-refractivity contribution < 1.29 is 19.3 Å². The molecule has 1 fully saturated rings. The van der Waals surface area contributed by atoms with Crippen molar-refractivity contribution >= 4 is 0 Å². The largest absolute Gasteiger partial charge is 0.493 e. The number of aliphatic hydroxyl groups excluding tert-OH is 1. The quantitative estimate of drug-likeness (QED) is 0.652. The highest BCUT2D eigenvalue weighted by Gasteiger charge is 2.30. The zero-order chi connectivity index (χ0) is 18.8. The Morgan fingerprint density at radius 3 is 2.54 bits per heavy atom. The zero-order valence-electron chi connectivity index (χ0n) is 16.6. The zero-order valence-corrected chi connectivity index (χ0v) is 16.6. The molecule has 5 nitrogen and oxygen atoms in total. The van der Waals surface area contributed by atoms with Crippen LogP contribution < -0.4 is 9.47 Å². The second kappa shape index (κ2) is 11.4. The summed E-state index contributed by atoms with van der Waals surface area (Å²) in [6.07, 6.45) is 7.00. The predicted octanol–water partition coefficient (Wildman–Crippen LogP) is 3.28. The Labute approximate surface area is 158 Å². The molecular weight excluding hydrogens is 330 g/mol. The van der Waals surface area contributed by atoms with Gasteiger partial charge in [0, 0.05) is 12.6 Å². The van der Waals surface area contributed by atoms with Gasteiger partial charge in [0.2, 0.25) is 0 Å². The van der Waals surface area contributed by atoms with E-state index in [1.165, 1.54) is 24.8 Å². The van der Waals surface area contributed by atoms with Crippen LogP contribution in [0.2, 0.25) is 0 Å². The highest BCUT2D eigenvalue weighted by Crippen LogP contribution is 2.29.